The lowest BCUT2D eigenvalue weighted by molar-refractivity contribution is -0.140. The number of rotatable bonds is 3. The van der Waals surface area contributed by atoms with E-state index in [1.165, 1.54) is 12.1 Å². The van der Waals surface area contributed by atoms with Crippen LogP contribution in [0.5, 0.6) is 0 Å². The zero-order chi connectivity index (χ0) is 25.3. The maximum atomic E-state index is 13.1. The van der Waals surface area contributed by atoms with Crippen molar-refractivity contribution in [2.75, 3.05) is 39.8 Å². The molecular weight excluding hydrogens is 489 g/mol. The number of likely N-dealkylation sites (tertiary alicyclic amines) is 2. The molecule has 0 aliphatic carbocycles. The third-order valence-corrected chi connectivity index (χ3v) is 7.44. The average Bonchev–Trinajstić information content (AvgIpc) is 2.83. The minimum absolute atomic E-state index is 0.0504. The Hall–Kier alpha value is -2.53. The first-order valence-electron chi connectivity index (χ1n) is 11.6. The number of benzene rings is 1. The van der Waals surface area contributed by atoms with E-state index in [0.29, 0.717) is 45.4 Å². The molecule has 1 aromatic carbocycles. The molecule has 192 valence electrons. The molecule has 0 aromatic heterocycles. The summed E-state index contributed by atoms with van der Waals surface area (Å²) in [4.78, 5) is 42.4. The fraction of sp³-hybridized carbons (Fsp3) is 0.609. The van der Waals surface area contributed by atoms with Crippen LogP contribution in [0.15, 0.2) is 18.2 Å². The summed E-state index contributed by atoms with van der Waals surface area (Å²) in [5.41, 5.74) is -0.824. The molecule has 35 heavy (non-hydrogen) atoms. The van der Waals surface area contributed by atoms with Crippen molar-refractivity contribution in [3.8, 4) is 0 Å². The number of halogens is 4. The molecule has 3 aliphatic heterocycles. The third kappa shape index (κ3) is 5.66. The molecule has 8 nitrogen and oxygen atoms in total. The first kappa shape index (κ1) is 25.6. The molecule has 3 aliphatic rings. The second-order valence-electron chi connectivity index (χ2n) is 9.22. The molecule has 3 saturated heterocycles. The number of nitrogens with zero attached hydrogens (tertiary/aromatic N) is 3. The van der Waals surface area contributed by atoms with E-state index in [2.05, 4.69) is 5.32 Å². The number of amides is 4. The number of carbonyl (C=O) groups excluding carboxylic acids is 3. The van der Waals surface area contributed by atoms with Gasteiger partial charge in [0.15, 0.2) is 0 Å². The van der Waals surface area contributed by atoms with E-state index in [0.717, 1.165) is 6.07 Å². The number of ether oxygens (including phenoxy) is 1. The van der Waals surface area contributed by atoms with Crippen molar-refractivity contribution in [1.82, 2.24) is 20.0 Å². The van der Waals surface area contributed by atoms with Crippen molar-refractivity contribution >= 4 is 29.4 Å². The average molecular weight is 517 g/mol. The summed E-state index contributed by atoms with van der Waals surface area (Å²) < 4.78 is 44.9. The lowest BCUT2D eigenvalue weighted by atomic mass is 10.00. The zero-order valence-corrected chi connectivity index (χ0v) is 20.1. The van der Waals surface area contributed by atoms with Crippen LogP contribution in [-0.2, 0) is 26.9 Å². The van der Waals surface area contributed by atoms with Crippen LogP contribution in [0.2, 0.25) is 5.02 Å². The molecule has 12 heteroatoms. The Bertz CT molecular complexity index is 984. The van der Waals surface area contributed by atoms with Crippen LogP contribution in [0, 0.1) is 0 Å². The first-order chi connectivity index (χ1) is 16.5. The van der Waals surface area contributed by atoms with E-state index >= 15 is 0 Å². The number of alkyl halides is 3. The fourth-order valence-corrected chi connectivity index (χ4v) is 5.24. The van der Waals surface area contributed by atoms with E-state index in [1.807, 2.05) is 0 Å². The first-order valence-corrected chi connectivity index (χ1v) is 12.0. The molecule has 4 amide bonds. The van der Waals surface area contributed by atoms with Gasteiger partial charge in [0.05, 0.1) is 29.2 Å². The summed E-state index contributed by atoms with van der Waals surface area (Å²) >= 11 is 5.94. The van der Waals surface area contributed by atoms with E-state index < -0.39 is 16.8 Å². The number of carbonyl (C=O) groups is 3. The Kier molecular flexibility index (Phi) is 7.46. The van der Waals surface area contributed by atoms with E-state index in [4.69, 9.17) is 16.3 Å². The predicted molar refractivity (Wildman–Crippen MR) is 121 cm³/mol. The topological polar surface area (TPSA) is 82.2 Å². The number of hydrogen-bond donors (Lipinski definition) is 1. The van der Waals surface area contributed by atoms with Gasteiger partial charge in [0, 0.05) is 39.3 Å². The van der Waals surface area contributed by atoms with Gasteiger partial charge in [-0.2, -0.15) is 13.2 Å². The van der Waals surface area contributed by atoms with Gasteiger partial charge in [-0.1, -0.05) is 23.7 Å². The van der Waals surface area contributed by atoms with Gasteiger partial charge in [-0.25, -0.2) is 4.79 Å². The molecular formula is C23H28ClF3N4O4. The van der Waals surface area contributed by atoms with Gasteiger partial charge in [-0.05, 0) is 30.9 Å². The van der Waals surface area contributed by atoms with E-state index in [-0.39, 0.29) is 54.6 Å². The maximum absolute atomic E-state index is 13.1. The Morgan fingerprint density at radius 1 is 1.17 bits per heavy atom. The second-order valence-corrected chi connectivity index (χ2v) is 9.59. The van der Waals surface area contributed by atoms with Crippen molar-refractivity contribution in [3.63, 3.8) is 0 Å². The molecule has 0 bridgehead atoms. The maximum Gasteiger partial charge on any atom is 0.417 e. The quantitative estimate of drug-likeness (QED) is 0.669. The molecule has 4 rings (SSSR count). The van der Waals surface area contributed by atoms with Crippen LogP contribution in [0.1, 0.15) is 30.4 Å². The smallest absolute Gasteiger partial charge is 0.366 e. The number of nitrogens with one attached hydrogen (secondary N) is 1. The molecule has 0 saturated carbocycles. The number of piperidine rings is 2. The van der Waals surface area contributed by atoms with Crippen molar-refractivity contribution in [2.45, 2.75) is 50.0 Å². The molecule has 0 spiro atoms. The summed E-state index contributed by atoms with van der Waals surface area (Å²) in [5, 5.41) is 2.43. The van der Waals surface area contributed by atoms with Crippen molar-refractivity contribution < 1.29 is 32.3 Å². The molecule has 3 fully saturated rings. The van der Waals surface area contributed by atoms with Gasteiger partial charge < -0.3 is 24.8 Å². The van der Waals surface area contributed by atoms with E-state index in [9.17, 15) is 27.6 Å². The summed E-state index contributed by atoms with van der Waals surface area (Å²) in [6, 6.07) is 3.12. The Morgan fingerprint density at radius 2 is 1.86 bits per heavy atom. The monoisotopic (exact) mass is 516 g/mol. The van der Waals surface area contributed by atoms with Crippen molar-refractivity contribution in [2.24, 2.45) is 0 Å². The standard InChI is InChI=1S/C23H28ClF3N4O4/c1-29(20(33)11-14-3-2-4-16(21(14)24)23(25,26)27)15-5-8-30(9-6-15)22(34)31-10-7-18-17(12-31)28-19(32)13-35-18/h2-4,15,17-18H,5-13H2,1H3,(H,28,32)/t17-,18+/m1/s1. The van der Waals surface area contributed by atoms with E-state index in [1.54, 1.807) is 21.7 Å². The molecule has 0 unspecified atom stereocenters. The molecule has 1 aromatic rings. The summed E-state index contributed by atoms with van der Waals surface area (Å²) in [7, 11) is 1.63. The summed E-state index contributed by atoms with van der Waals surface area (Å²) in [6.45, 7) is 1.91. The van der Waals surface area contributed by atoms with Crippen LogP contribution >= 0.6 is 11.6 Å². The minimum Gasteiger partial charge on any atom is -0.366 e. The SMILES string of the molecule is CN(C(=O)Cc1cccc(C(F)(F)F)c1Cl)C1CCN(C(=O)N2CC[C@@H]3OCC(=O)N[C@@H]3C2)CC1. The van der Waals surface area contributed by atoms with Crippen molar-refractivity contribution in [3.05, 3.63) is 34.3 Å². The molecule has 1 N–H and O–H groups in total. The lowest BCUT2D eigenvalue weighted by Crippen LogP contribution is -2.62. The molecule has 3 heterocycles. The summed E-state index contributed by atoms with van der Waals surface area (Å²) in [5.74, 6) is -0.508. The highest BCUT2D eigenvalue weighted by molar-refractivity contribution is 6.32. The van der Waals surface area contributed by atoms with Crippen LogP contribution in [-0.4, -0.2) is 90.6 Å². The van der Waals surface area contributed by atoms with Crippen LogP contribution in [0.25, 0.3) is 0 Å². The minimum atomic E-state index is -4.59. The number of likely N-dealkylation sites (N-methyl/N-ethyl adjacent to an activating group) is 1. The number of urea groups is 1. The van der Waals surface area contributed by atoms with Crippen molar-refractivity contribution in [1.29, 1.82) is 0 Å². The third-order valence-electron chi connectivity index (χ3n) is 7.00. The number of fused-ring (bicyclic) bond motifs is 1. The zero-order valence-electron chi connectivity index (χ0n) is 19.3. The molecule has 2 atom stereocenters. The fourth-order valence-electron chi connectivity index (χ4n) is 4.94. The van der Waals surface area contributed by atoms with Gasteiger partial charge >= 0.3 is 12.2 Å². The highest BCUT2D eigenvalue weighted by atomic mass is 35.5. The van der Waals surface area contributed by atoms with Gasteiger partial charge in [-0.3, -0.25) is 9.59 Å². The highest BCUT2D eigenvalue weighted by Gasteiger charge is 2.38. The highest BCUT2D eigenvalue weighted by Crippen LogP contribution is 2.36. The molecule has 0 radical (unpaired) electrons. The van der Waals surface area contributed by atoms with Crippen LogP contribution in [0.4, 0.5) is 18.0 Å². The van der Waals surface area contributed by atoms with Gasteiger partial charge in [0.25, 0.3) is 0 Å². The Balaban J connectivity index is 1.29. The predicted octanol–water partition coefficient (Wildman–Crippen LogP) is 2.53. The largest absolute Gasteiger partial charge is 0.417 e. The van der Waals surface area contributed by atoms with Gasteiger partial charge in [0.1, 0.15) is 6.61 Å². The Labute approximate surface area is 206 Å². The normalized spacial score (nSPS) is 23.5. The van der Waals surface area contributed by atoms with Gasteiger partial charge in [0.2, 0.25) is 11.8 Å². The van der Waals surface area contributed by atoms with Gasteiger partial charge in [-0.15, -0.1) is 0 Å². The summed E-state index contributed by atoms with van der Waals surface area (Å²) in [6.07, 6.45) is -3.13. The van der Waals surface area contributed by atoms with Crippen LogP contribution < -0.4 is 5.32 Å². The lowest BCUT2D eigenvalue weighted by Gasteiger charge is -2.44. The number of morpholine rings is 1. The second kappa shape index (κ2) is 10.2. The number of hydrogen-bond acceptors (Lipinski definition) is 4. The Morgan fingerprint density at radius 3 is 2.54 bits per heavy atom. The van der Waals surface area contributed by atoms with Crippen LogP contribution in [0.3, 0.4) is 0 Å².